The number of esters is 1. The molecule has 0 aliphatic rings. The van der Waals surface area contributed by atoms with E-state index in [2.05, 4.69) is 18.8 Å². The summed E-state index contributed by atoms with van der Waals surface area (Å²) < 4.78 is 6.97. The normalized spacial score (nSPS) is 12.2. The minimum atomic E-state index is -0.452. The lowest BCUT2D eigenvalue weighted by Crippen LogP contribution is -2.19. The minimum absolute atomic E-state index is 0.167. The highest BCUT2D eigenvalue weighted by Crippen LogP contribution is 2.24. The zero-order valence-corrected chi connectivity index (χ0v) is 13.0. The van der Waals surface area contributed by atoms with Crippen LogP contribution in [0.1, 0.15) is 42.4 Å². The Morgan fingerprint density at radius 3 is 2.64 bits per heavy atom. The molecule has 116 valence electrons. The van der Waals surface area contributed by atoms with Crippen LogP contribution in [0.5, 0.6) is 0 Å². The van der Waals surface area contributed by atoms with Crippen molar-refractivity contribution in [1.29, 1.82) is 0 Å². The molecule has 2 aromatic heterocycles. The first kappa shape index (κ1) is 15.9. The summed E-state index contributed by atoms with van der Waals surface area (Å²) in [5.74, 6) is -0.0909. The number of rotatable bonds is 5. The van der Waals surface area contributed by atoms with Crippen LogP contribution < -0.4 is 5.56 Å². The molecule has 2 aromatic rings. The highest BCUT2D eigenvalue weighted by molar-refractivity contribution is 5.89. The number of carbonyl (C=O) groups is 1. The van der Waals surface area contributed by atoms with E-state index < -0.39 is 12.1 Å². The molecule has 5 nitrogen and oxygen atoms in total. The van der Waals surface area contributed by atoms with Gasteiger partial charge >= 0.3 is 5.97 Å². The number of aryl methyl sites for hydroxylation is 1. The Bertz CT molecular complexity index is 693. The van der Waals surface area contributed by atoms with Gasteiger partial charge in [-0.15, -0.1) is 0 Å². The molecule has 1 unspecified atom stereocenters. The minimum Gasteiger partial charge on any atom is -0.452 e. The molecule has 0 saturated carbocycles. The Balaban J connectivity index is 2.21. The number of hydrogen-bond donors (Lipinski definition) is 0. The van der Waals surface area contributed by atoms with Crippen LogP contribution in [0.3, 0.4) is 0 Å². The van der Waals surface area contributed by atoms with E-state index in [4.69, 9.17) is 4.74 Å². The van der Waals surface area contributed by atoms with Crippen LogP contribution in [-0.4, -0.2) is 15.5 Å². The van der Waals surface area contributed by atoms with E-state index in [1.54, 1.807) is 13.2 Å². The molecule has 0 aliphatic heterocycles. The number of nitrogens with zero attached hydrogens (tertiary/aromatic N) is 2. The summed E-state index contributed by atoms with van der Waals surface area (Å²) >= 11 is 0. The van der Waals surface area contributed by atoms with E-state index in [9.17, 15) is 9.59 Å². The van der Waals surface area contributed by atoms with Crippen LogP contribution in [0, 0.1) is 5.92 Å². The van der Waals surface area contributed by atoms with Crippen LogP contribution >= 0.6 is 0 Å². The van der Waals surface area contributed by atoms with Gasteiger partial charge in [-0.1, -0.05) is 19.9 Å². The lowest BCUT2D eigenvalue weighted by Gasteiger charge is -2.19. The summed E-state index contributed by atoms with van der Waals surface area (Å²) in [5.41, 5.74) is 0.918. The van der Waals surface area contributed by atoms with Crippen molar-refractivity contribution in [2.24, 2.45) is 13.0 Å². The van der Waals surface area contributed by atoms with Crippen LogP contribution in [-0.2, 0) is 11.8 Å². The van der Waals surface area contributed by atoms with Gasteiger partial charge in [0.2, 0.25) is 5.56 Å². The highest BCUT2D eigenvalue weighted by Gasteiger charge is 2.20. The SMILES string of the molecule is CC(C)CC(OC(=O)c1ccc(=O)n(C)c1)c1ccccn1. The molecule has 0 radical (unpaired) electrons. The molecule has 0 spiro atoms. The fourth-order valence-corrected chi connectivity index (χ4v) is 2.14. The van der Waals surface area contributed by atoms with Gasteiger partial charge in [-0.25, -0.2) is 4.79 Å². The zero-order chi connectivity index (χ0) is 16.1. The Hall–Kier alpha value is -2.43. The molecule has 1 atom stereocenters. The molecule has 0 bridgehead atoms. The second-order valence-electron chi connectivity index (χ2n) is 5.65. The Kier molecular flexibility index (Phi) is 5.09. The maximum Gasteiger partial charge on any atom is 0.340 e. The maximum atomic E-state index is 12.3. The van der Waals surface area contributed by atoms with Crippen LogP contribution in [0.4, 0.5) is 0 Å². The third kappa shape index (κ3) is 4.04. The van der Waals surface area contributed by atoms with E-state index in [-0.39, 0.29) is 5.56 Å². The van der Waals surface area contributed by atoms with Gasteiger partial charge in [-0.3, -0.25) is 9.78 Å². The number of ether oxygens (including phenoxy) is 1. The van der Waals surface area contributed by atoms with Gasteiger partial charge in [0.1, 0.15) is 6.10 Å². The highest BCUT2D eigenvalue weighted by atomic mass is 16.5. The molecule has 0 aromatic carbocycles. The fourth-order valence-electron chi connectivity index (χ4n) is 2.14. The second kappa shape index (κ2) is 7.02. The van der Waals surface area contributed by atoms with E-state index >= 15 is 0 Å². The quantitative estimate of drug-likeness (QED) is 0.797. The number of pyridine rings is 2. The smallest absolute Gasteiger partial charge is 0.340 e. The summed E-state index contributed by atoms with van der Waals surface area (Å²) in [5, 5.41) is 0. The molecule has 0 N–H and O–H groups in total. The average Bonchev–Trinajstić information content (AvgIpc) is 2.49. The van der Waals surface area contributed by atoms with Gasteiger partial charge in [0.15, 0.2) is 0 Å². The Labute approximate surface area is 129 Å². The second-order valence-corrected chi connectivity index (χ2v) is 5.65. The van der Waals surface area contributed by atoms with E-state index in [0.29, 0.717) is 17.9 Å². The first-order valence-electron chi connectivity index (χ1n) is 7.26. The van der Waals surface area contributed by atoms with Crippen molar-refractivity contribution in [1.82, 2.24) is 9.55 Å². The Morgan fingerprint density at radius 1 is 1.27 bits per heavy atom. The average molecular weight is 300 g/mol. The van der Waals surface area contributed by atoms with Crippen LogP contribution in [0.2, 0.25) is 0 Å². The molecule has 2 heterocycles. The third-order valence-electron chi connectivity index (χ3n) is 3.27. The van der Waals surface area contributed by atoms with Gasteiger partial charge < -0.3 is 9.30 Å². The van der Waals surface area contributed by atoms with Crippen molar-refractivity contribution in [3.05, 3.63) is 64.3 Å². The molecule has 22 heavy (non-hydrogen) atoms. The molecule has 0 aliphatic carbocycles. The van der Waals surface area contributed by atoms with E-state index in [0.717, 1.165) is 5.69 Å². The first-order chi connectivity index (χ1) is 10.5. The fraction of sp³-hybridized carbons (Fsp3) is 0.353. The summed E-state index contributed by atoms with van der Waals surface area (Å²) in [6.45, 7) is 4.13. The number of aromatic nitrogens is 2. The summed E-state index contributed by atoms with van der Waals surface area (Å²) in [6, 6.07) is 8.38. The predicted molar refractivity (Wildman–Crippen MR) is 83.5 cm³/mol. The van der Waals surface area contributed by atoms with Gasteiger partial charge in [-0.05, 0) is 30.5 Å². The van der Waals surface area contributed by atoms with Crippen molar-refractivity contribution >= 4 is 5.97 Å². The van der Waals surface area contributed by atoms with Crippen molar-refractivity contribution in [2.75, 3.05) is 0 Å². The van der Waals surface area contributed by atoms with Gasteiger partial charge in [0.25, 0.3) is 0 Å². The maximum absolute atomic E-state index is 12.3. The van der Waals surface area contributed by atoms with Crippen molar-refractivity contribution in [3.8, 4) is 0 Å². The first-order valence-corrected chi connectivity index (χ1v) is 7.26. The number of carbonyl (C=O) groups excluding carboxylic acids is 1. The van der Waals surface area contributed by atoms with Crippen molar-refractivity contribution in [3.63, 3.8) is 0 Å². The predicted octanol–water partition coefficient (Wildman–Crippen LogP) is 2.72. The summed E-state index contributed by atoms with van der Waals surface area (Å²) in [4.78, 5) is 28.0. The van der Waals surface area contributed by atoms with Crippen LogP contribution in [0.15, 0.2) is 47.5 Å². The molecule has 0 amide bonds. The lowest BCUT2D eigenvalue weighted by atomic mass is 10.0. The zero-order valence-electron chi connectivity index (χ0n) is 13.0. The molecule has 5 heteroatoms. The topological polar surface area (TPSA) is 61.2 Å². The van der Waals surface area contributed by atoms with Crippen LogP contribution in [0.25, 0.3) is 0 Å². The number of hydrogen-bond acceptors (Lipinski definition) is 4. The third-order valence-corrected chi connectivity index (χ3v) is 3.27. The van der Waals surface area contributed by atoms with Crippen molar-refractivity contribution < 1.29 is 9.53 Å². The van der Waals surface area contributed by atoms with E-state index in [1.165, 1.54) is 22.9 Å². The monoisotopic (exact) mass is 300 g/mol. The molecule has 0 saturated heterocycles. The van der Waals surface area contributed by atoms with Gasteiger partial charge in [0, 0.05) is 25.5 Å². The van der Waals surface area contributed by atoms with Gasteiger partial charge in [0.05, 0.1) is 11.3 Å². The molecule has 2 rings (SSSR count). The van der Waals surface area contributed by atoms with Crippen molar-refractivity contribution in [2.45, 2.75) is 26.4 Å². The van der Waals surface area contributed by atoms with E-state index in [1.807, 2.05) is 18.2 Å². The lowest BCUT2D eigenvalue weighted by molar-refractivity contribution is 0.0236. The Morgan fingerprint density at radius 2 is 2.05 bits per heavy atom. The molecular weight excluding hydrogens is 280 g/mol. The molecule has 0 fully saturated rings. The van der Waals surface area contributed by atoms with Gasteiger partial charge in [-0.2, -0.15) is 0 Å². The largest absolute Gasteiger partial charge is 0.452 e. The summed E-state index contributed by atoms with van der Waals surface area (Å²) in [7, 11) is 1.60. The summed E-state index contributed by atoms with van der Waals surface area (Å²) in [6.07, 6.45) is 3.46. The molecular formula is C17H20N2O3. The standard InChI is InChI=1S/C17H20N2O3/c1-12(2)10-15(14-6-4-5-9-18-14)22-17(21)13-7-8-16(20)19(3)11-13/h4-9,11-12,15H,10H2,1-3H3.